The molecule has 1 aliphatic carbocycles. The zero-order valence-electron chi connectivity index (χ0n) is 14.9. The molecule has 2 amide bonds. The van der Waals surface area contributed by atoms with Gasteiger partial charge in [-0.2, -0.15) is 0 Å². The Hall–Kier alpha value is -1.63. The number of carbonyl (C=O) groups excluding carboxylic acids is 2. The lowest BCUT2D eigenvalue weighted by Crippen LogP contribution is -2.49. The highest BCUT2D eigenvalue weighted by molar-refractivity contribution is 5.89. The van der Waals surface area contributed by atoms with Crippen LogP contribution < -0.4 is 0 Å². The molecular weight excluding hydrogens is 324 g/mol. The van der Waals surface area contributed by atoms with Gasteiger partial charge >= 0.3 is 5.97 Å². The fourth-order valence-corrected chi connectivity index (χ4v) is 4.30. The second-order valence-electron chi connectivity index (χ2n) is 7.74. The number of morpholine rings is 1. The molecule has 0 bridgehead atoms. The Morgan fingerprint density at radius 1 is 1.20 bits per heavy atom. The first-order chi connectivity index (χ1) is 11.9. The molecule has 0 aromatic carbocycles. The molecule has 0 unspecified atom stereocenters. The number of hydrogen-bond acceptors (Lipinski definition) is 4. The van der Waals surface area contributed by atoms with E-state index in [1.54, 1.807) is 4.90 Å². The Morgan fingerprint density at radius 2 is 1.92 bits per heavy atom. The van der Waals surface area contributed by atoms with Crippen molar-refractivity contribution in [1.82, 2.24) is 9.80 Å². The van der Waals surface area contributed by atoms with Crippen molar-refractivity contribution < 1.29 is 24.2 Å². The van der Waals surface area contributed by atoms with E-state index in [2.05, 4.69) is 6.92 Å². The van der Waals surface area contributed by atoms with E-state index in [1.165, 1.54) is 0 Å². The highest BCUT2D eigenvalue weighted by Gasteiger charge is 2.41. The first-order valence-electron chi connectivity index (χ1n) is 9.35. The summed E-state index contributed by atoms with van der Waals surface area (Å²) in [6.07, 6.45) is 4.09. The van der Waals surface area contributed by atoms with E-state index in [4.69, 9.17) is 9.84 Å². The van der Waals surface area contributed by atoms with Gasteiger partial charge in [0.15, 0.2) is 0 Å². The minimum Gasteiger partial charge on any atom is -0.481 e. The van der Waals surface area contributed by atoms with Gasteiger partial charge in [-0.3, -0.25) is 14.4 Å². The third kappa shape index (κ3) is 4.32. The van der Waals surface area contributed by atoms with Crippen LogP contribution in [-0.2, 0) is 19.1 Å². The summed E-state index contributed by atoms with van der Waals surface area (Å²) in [5.41, 5.74) is 0. The largest absolute Gasteiger partial charge is 0.481 e. The monoisotopic (exact) mass is 352 g/mol. The van der Waals surface area contributed by atoms with Crippen LogP contribution in [0.15, 0.2) is 0 Å². The van der Waals surface area contributed by atoms with Crippen molar-refractivity contribution in [1.29, 1.82) is 0 Å². The number of carboxylic acids is 1. The predicted octanol–water partition coefficient (Wildman–Crippen LogP) is 1.12. The van der Waals surface area contributed by atoms with E-state index in [0.717, 1.165) is 31.6 Å². The van der Waals surface area contributed by atoms with Crippen LogP contribution in [0.1, 0.15) is 45.4 Å². The molecule has 3 fully saturated rings. The molecule has 2 aliphatic heterocycles. The second kappa shape index (κ2) is 7.72. The Balaban J connectivity index is 1.56. The Bertz CT molecular complexity index is 530. The average molecular weight is 352 g/mol. The Morgan fingerprint density at radius 3 is 2.60 bits per heavy atom. The van der Waals surface area contributed by atoms with Crippen molar-refractivity contribution in [3.63, 3.8) is 0 Å². The van der Waals surface area contributed by atoms with E-state index in [1.807, 2.05) is 4.90 Å². The van der Waals surface area contributed by atoms with Gasteiger partial charge in [0.05, 0.1) is 25.0 Å². The maximum atomic E-state index is 12.8. The van der Waals surface area contributed by atoms with Gasteiger partial charge in [-0.15, -0.1) is 0 Å². The second-order valence-corrected chi connectivity index (χ2v) is 7.74. The quantitative estimate of drug-likeness (QED) is 0.819. The lowest BCUT2D eigenvalue weighted by atomic mass is 9.86. The van der Waals surface area contributed by atoms with Gasteiger partial charge in [0.2, 0.25) is 11.8 Å². The smallest absolute Gasteiger partial charge is 0.306 e. The van der Waals surface area contributed by atoms with Crippen LogP contribution in [0.25, 0.3) is 0 Å². The number of ether oxygens (including phenoxy) is 1. The van der Waals surface area contributed by atoms with Crippen LogP contribution in [0.3, 0.4) is 0 Å². The molecule has 3 aliphatic rings. The predicted molar refractivity (Wildman–Crippen MR) is 89.8 cm³/mol. The van der Waals surface area contributed by atoms with Crippen molar-refractivity contribution in [2.45, 2.75) is 57.6 Å². The number of nitrogens with zero attached hydrogens (tertiary/aromatic N) is 2. The van der Waals surface area contributed by atoms with Crippen LogP contribution in [-0.4, -0.2) is 71.1 Å². The number of likely N-dealkylation sites (tertiary alicyclic amines) is 1. The third-order valence-corrected chi connectivity index (χ3v) is 5.79. The molecule has 1 N–H and O–H groups in total. The normalized spacial score (nSPS) is 33.6. The summed E-state index contributed by atoms with van der Waals surface area (Å²) in [4.78, 5) is 39.7. The minimum absolute atomic E-state index is 0.0290. The highest BCUT2D eigenvalue weighted by atomic mass is 16.5. The van der Waals surface area contributed by atoms with Crippen LogP contribution in [0.5, 0.6) is 0 Å². The zero-order valence-corrected chi connectivity index (χ0v) is 14.9. The molecule has 7 nitrogen and oxygen atoms in total. The molecule has 140 valence electrons. The third-order valence-electron chi connectivity index (χ3n) is 5.79. The van der Waals surface area contributed by atoms with E-state index in [0.29, 0.717) is 26.2 Å². The molecule has 0 aromatic heterocycles. The summed E-state index contributed by atoms with van der Waals surface area (Å²) in [5, 5.41) is 8.90. The number of carbonyl (C=O) groups is 3. The molecule has 7 heteroatoms. The number of carboxylic acid groups (broad SMARTS) is 1. The van der Waals surface area contributed by atoms with Crippen molar-refractivity contribution in [3.8, 4) is 0 Å². The van der Waals surface area contributed by atoms with Gasteiger partial charge in [-0.1, -0.05) is 6.92 Å². The minimum atomic E-state index is -0.923. The first kappa shape index (κ1) is 18.2. The van der Waals surface area contributed by atoms with E-state index in [9.17, 15) is 14.4 Å². The molecule has 0 spiro atoms. The summed E-state index contributed by atoms with van der Waals surface area (Å²) >= 11 is 0. The van der Waals surface area contributed by atoms with Crippen molar-refractivity contribution in [3.05, 3.63) is 0 Å². The highest BCUT2D eigenvalue weighted by Crippen LogP contribution is 2.32. The van der Waals surface area contributed by atoms with Gasteiger partial charge in [0.25, 0.3) is 0 Å². The molecule has 3 rings (SSSR count). The molecular formula is C18H28N2O5. The molecule has 2 atom stereocenters. The molecule has 1 saturated carbocycles. The number of aliphatic carboxylic acids is 1. The zero-order chi connectivity index (χ0) is 18.0. The number of rotatable bonds is 4. The maximum Gasteiger partial charge on any atom is 0.306 e. The lowest BCUT2D eigenvalue weighted by molar-refractivity contribution is -0.149. The summed E-state index contributed by atoms with van der Waals surface area (Å²) in [6, 6.07) is 0.283. The Labute approximate surface area is 148 Å². The Kier molecular flexibility index (Phi) is 5.61. The lowest BCUT2D eigenvalue weighted by Gasteiger charge is -2.35. The molecule has 2 heterocycles. The van der Waals surface area contributed by atoms with E-state index < -0.39 is 12.1 Å². The molecule has 0 radical (unpaired) electrons. The molecule has 2 saturated heterocycles. The van der Waals surface area contributed by atoms with E-state index in [-0.39, 0.29) is 36.6 Å². The van der Waals surface area contributed by atoms with Crippen LogP contribution in [0.2, 0.25) is 0 Å². The number of amides is 2. The van der Waals surface area contributed by atoms with Gasteiger partial charge in [-0.25, -0.2) is 0 Å². The summed E-state index contributed by atoms with van der Waals surface area (Å²) in [5.74, 6) is -0.429. The summed E-state index contributed by atoms with van der Waals surface area (Å²) in [7, 11) is 0. The fraction of sp³-hybridized carbons (Fsp3) is 0.833. The van der Waals surface area contributed by atoms with Gasteiger partial charge in [0.1, 0.15) is 0 Å². The van der Waals surface area contributed by atoms with Crippen LogP contribution in [0.4, 0.5) is 0 Å². The first-order valence-corrected chi connectivity index (χ1v) is 9.35. The summed E-state index contributed by atoms with van der Waals surface area (Å²) in [6.45, 7) is 3.89. The van der Waals surface area contributed by atoms with E-state index >= 15 is 0 Å². The van der Waals surface area contributed by atoms with Gasteiger partial charge in [0, 0.05) is 32.1 Å². The molecule has 25 heavy (non-hydrogen) atoms. The summed E-state index contributed by atoms with van der Waals surface area (Å²) < 4.78 is 5.43. The topological polar surface area (TPSA) is 87.2 Å². The number of hydrogen-bond donors (Lipinski definition) is 1. The maximum absolute atomic E-state index is 12.8. The molecule has 0 aromatic rings. The standard InChI is InChI=1S/C18H28N2O5/c1-12-2-4-14(5-3-12)20-10-13(8-16(20)21)18(24)19-6-7-25-15(11-19)9-17(22)23/h12-15H,2-11H2,1H3,(H,22,23)/t12?,13-,14?,15+/m0/s1. The SMILES string of the molecule is CC1CCC(N2C[C@@H](C(=O)N3CCO[C@H](CC(=O)O)C3)CC2=O)CC1. The van der Waals surface area contributed by atoms with Crippen LogP contribution in [0, 0.1) is 11.8 Å². The fourth-order valence-electron chi connectivity index (χ4n) is 4.30. The van der Waals surface area contributed by atoms with Crippen molar-refractivity contribution in [2.24, 2.45) is 11.8 Å². The van der Waals surface area contributed by atoms with Crippen molar-refractivity contribution in [2.75, 3.05) is 26.2 Å². The van der Waals surface area contributed by atoms with Crippen molar-refractivity contribution >= 4 is 17.8 Å². The van der Waals surface area contributed by atoms with Crippen LogP contribution >= 0.6 is 0 Å². The van der Waals surface area contributed by atoms with Gasteiger partial charge in [-0.05, 0) is 31.6 Å². The average Bonchev–Trinajstić information content (AvgIpc) is 2.96. The van der Waals surface area contributed by atoms with Gasteiger partial charge < -0.3 is 19.6 Å².